The van der Waals surface area contributed by atoms with Crippen molar-refractivity contribution in [3.8, 4) is 11.1 Å². The highest BCUT2D eigenvalue weighted by Gasteiger charge is 2.42. The number of anilines is 2. The normalized spacial score (nSPS) is 15.6. The number of nitrogens with one attached hydrogen (secondary N) is 3. The lowest BCUT2D eigenvalue weighted by molar-refractivity contribution is -0.129. The van der Waals surface area contributed by atoms with Crippen molar-refractivity contribution in [3.63, 3.8) is 0 Å². The summed E-state index contributed by atoms with van der Waals surface area (Å²) in [6.07, 6.45) is 0.365. The maximum absolute atomic E-state index is 14.3. The first kappa shape index (κ1) is 26.8. The molecule has 3 N–H and O–H groups in total. The predicted octanol–water partition coefficient (Wildman–Crippen LogP) is 4.72. The van der Waals surface area contributed by atoms with Gasteiger partial charge >= 0.3 is 0 Å². The molecular weight excluding hydrogens is 500 g/mol. The van der Waals surface area contributed by atoms with Crippen LogP contribution >= 0.6 is 0 Å². The van der Waals surface area contributed by atoms with Crippen LogP contribution < -0.4 is 20.9 Å². The van der Waals surface area contributed by atoms with Crippen LogP contribution in [-0.2, 0) is 20.8 Å². The molecule has 3 unspecified atom stereocenters. The van der Waals surface area contributed by atoms with Crippen molar-refractivity contribution in [3.05, 3.63) is 120 Å². The Hall–Kier alpha value is -4.75. The van der Waals surface area contributed by atoms with Gasteiger partial charge in [-0.2, -0.15) is 0 Å². The van der Waals surface area contributed by atoms with Crippen LogP contribution in [0.15, 0.2) is 109 Å². The molecule has 1 aliphatic rings. The van der Waals surface area contributed by atoms with E-state index in [1.807, 2.05) is 97.1 Å². The summed E-state index contributed by atoms with van der Waals surface area (Å²) in [7, 11) is 1.69. The molecule has 1 aliphatic heterocycles. The number of para-hydroxylation sites is 2. The quantitative estimate of drug-likeness (QED) is 0.307. The van der Waals surface area contributed by atoms with Gasteiger partial charge in [0.2, 0.25) is 11.8 Å². The Morgan fingerprint density at radius 1 is 0.800 bits per heavy atom. The van der Waals surface area contributed by atoms with E-state index < -0.39 is 18.1 Å². The highest BCUT2D eigenvalue weighted by atomic mass is 16.2. The first-order valence-corrected chi connectivity index (χ1v) is 13.4. The van der Waals surface area contributed by atoms with E-state index in [0.29, 0.717) is 23.4 Å². The van der Waals surface area contributed by atoms with Crippen LogP contribution in [0.1, 0.15) is 24.1 Å². The first-order chi connectivity index (χ1) is 19.5. The summed E-state index contributed by atoms with van der Waals surface area (Å²) >= 11 is 0. The van der Waals surface area contributed by atoms with Crippen molar-refractivity contribution in [1.82, 2.24) is 10.6 Å². The fraction of sp³-hybridized carbons (Fsp3) is 0.182. The van der Waals surface area contributed by atoms with E-state index >= 15 is 0 Å². The number of likely N-dealkylation sites (N-methyl/N-ethyl adjacent to an activating group) is 1. The molecular formula is C33H32N4O3. The molecule has 3 atom stereocenters. The smallest absolute Gasteiger partial charge is 0.254 e. The van der Waals surface area contributed by atoms with Gasteiger partial charge in [0.05, 0.1) is 6.04 Å². The predicted molar refractivity (Wildman–Crippen MR) is 158 cm³/mol. The minimum atomic E-state index is -0.970. The lowest BCUT2D eigenvalue weighted by Crippen LogP contribution is -2.52. The number of nitrogens with zero attached hydrogens (tertiary/aromatic N) is 1. The second-order valence-electron chi connectivity index (χ2n) is 9.82. The average Bonchev–Trinajstić information content (AvgIpc) is 3.40. The number of hydrogen-bond donors (Lipinski definition) is 3. The SMILES string of the molecule is CNC(C)C(=O)NC(C(=O)N1c2ccccc2CC1C(=O)Nc1ccccc1-c1ccccc1)c1ccccc1. The molecule has 7 heteroatoms. The van der Waals surface area contributed by atoms with E-state index in [2.05, 4.69) is 16.0 Å². The fourth-order valence-corrected chi connectivity index (χ4v) is 5.02. The summed E-state index contributed by atoms with van der Waals surface area (Å²) in [5, 5.41) is 8.91. The molecule has 0 spiro atoms. The zero-order valence-corrected chi connectivity index (χ0v) is 22.5. The van der Waals surface area contributed by atoms with E-state index in [9.17, 15) is 14.4 Å². The molecule has 1 heterocycles. The highest BCUT2D eigenvalue weighted by molar-refractivity contribution is 6.10. The molecule has 0 saturated heterocycles. The van der Waals surface area contributed by atoms with Gasteiger partial charge in [-0.05, 0) is 42.8 Å². The van der Waals surface area contributed by atoms with Crippen molar-refractivity contribution in [2.24, 2.45) is 0 Å². The molecule has 3 amide bonds. The molecule has 0 aliphatic carbocycles. The Morgan fingerprint density at radius 3 is 2.15 bits per heavy atom. The Labute approximate surface area is 234 Å². The van der Waals surface area contributed by atoms with E-state index in [1.54, 1.807) is 26.1 Å². The van der Waals surface area contributed by atoms with Crippen LogP contribution in [0, 0.1) is 0 Å². The largest absolute Gasteiger partial charge is 0.339 e. The number of fused-ring (bicyclic) bond motifs is 1. The second kappa shape index (κ2) is 12.0. The van der Waals surface area contributed by atoms with Crippen molar-refractivity contribution in [2.75, 3.05) is 17.3 Å². The summed E-state index contributed by atoms with van der Waals surface area (Å²) in [6, 6.07) is 31.8. The molecule has 4 aromatic carbocycles. The zero-order chi connectivity index (χ0) is 28.1. The Balaban J connectivity index is 1.49. The van der Waals surface area contributed by atoms with E-state index in [-0.39, 0.29) is 17.7 Å². The second-order valence-corrected chi connectivity index (χ2v) is 9.82. The molecule has 202 valence electrons. The van der Waals surface area contributed by atoms with Gasteiger partial charge in [0.25, 0.3) is 5.91 Å². The zero-order valence-electron chi connectivity index (χ0n) is 22.5. The summed E-state index contributed by atoms with van der Waals surface area (Å²) in [5.74, 6) is -0.978. The van der Waals surface area contributed by atoms with Crippen LogP contribution in [0.5, 0.6) is 0 Å². The van der Waals surface area contributed by atoms with Gasteiger partial charge in [-0.25, -0.2) is 0 Å². The third-order valence-electron chi connectivity index (χ3n) is 7.28. The number of carbonyl (C=O) groups is 3. The van der Waals surface area contributed by atoms with Gasteiger partial charge in [0, 0.05) is 23.4 Å². The summed E-state index contributed by atoms with van der Waals surface area (Å²) in [6.45, 7) is 1.73. The molecule has 4 aromatic rings. The third kappa shape index (κ3) is 5.51. The highest BCUT2D eigenvalue weighted by Crippen LogP contribution is 2.36. The van der Waals surface area contributed by atoms with Crippen molar-refractivity contribution >= 4 is 29.1 Å². The molecule has 0 aromatic heterocycles. The summed E-state index contributed by atoms with van der Waals surface area (Å²) in [5.41, 5.74) is 4.74. The maximum atomic E-state index is 14.3. The van der Waals surface area contributed by atoms with Gasteiger partial charge < -0.3 is 16.0 Å². The van der Waals surface area contributed by atoms with Gasteiger partial charge in [0.1, 0.15) is 12.1 Å². The van der Waals surface area contributed by atoms with E-state index in [4.69, 9.17) is 0 Å². The number of amides is 3. The molecule has 7 nitrogen and oxygen atoms in total. The van der Waals surface area contributed by atoms with Gasteiger partial charge in [-0.15, -0.1) is 0 Å². The van der Waals surface area contributed by atoms with Crippen LogP contribution in [0.2, 0.25) is 0 Å². The lowest BCUT2D eigenvalue weighted by atomic mass is 10.0. The minimum absolute atomic E-state index is 0.297. The fourth-order valence-electron chi connectivity index (χ4n) is 5.02. The summed E-state index contributed by atoms with van der Waals surface area (Å²) < 4.78 is 0. The molecule has 40 heavy (non-hydrogen) atoms. The van der Waals surface area contributed by atoms with Crippen molar-refractivity contribution in [1.29, 1.82) is 0 Å². The molecule has 0 radical (unpaired) electrons. The lowest BCUT2D eigenvalue weighted by Gasteiger charge is -2.30. The minimum Gasteiger partial charge on any atom is -0.339 e. The number of benzene rings is 4. The Bertz CT molecular complexity index is 1510. The number of carbonyl (C=O) groups excluding carboxylic acids is 3. The molecule has 0 fully saturated rings. The van der Waals surface area contributed by atoms with Crippen molar-refractivity contribution < 1.29 is 14.4 Å². The van der Waals surface area contributed by atoms with E-state index in [1.165, 1.54) is 4.90 Å². The topological polar surface area (TPSA) is 90.5 Å². The molecule has 0 saturated carbocycles. The van der Waals surface area contributed by atoms with Crippen LogP contribution in [0.25, 0.3) is 11.1 Å². The Kier molecular flexibility index (Phi) is 8.03. The van der Waals surface area contributed by atoms with Crippen LogP contribution in [0.4, 0.5) is 11.4 Å². The Morgan fingerprint density at radius 2 is 1.43 bits per heavy atom. The van der Waals surface area contributed by atoms with Gasteiger partial charge in [-0.1, -0.05) is 97.1 Å². The van der Waals surface area contributed by atoms with Gasteiger partial charge in [-0.3, -0.25) is 19.3 Å². The van der Waals surface area contributed by atoms with Crippen LogP contribution in [0.3, 0.4) is 0 Å². The molecule has 5 rings (SSSR count). The first-order valence-electron chi connectivity index (χ1n) is 13.4. The average molecular weight is 533 g/mol. The third-order valence-corrected chi connectivity index (χ3v) is 7.28. The van der Waals surface area contributed by atoms with Crippen molar-refractivity contribution in [2.45, 2.75) is 31.5 Å². The van der Waals surface area contributed by atoms with Crippen LogP contribution in [-0.4, -0.2) is 36.9 Å². The molecule has 0 bridgehead atoms. The number of hydrogen-bond acceptors (Lipinski definition) is 4. The standard InChI is InChI=1S/C33H32N4O3/c1-22(34-2)31(38)36-30(24-15-7-4-8-16-24)33(40)37-28-20-12-9-17-25(28)21-29(37)32(39)35-27-19-11-10-18-26(27)23-13-5-3-6-14-23/h3-20,22,29-30,34H,21H2,1-2H3,(H,35,39)(H,36,38). The number of rotatable bonds is 8. The monoisotopic (exact) mass is 532 g/mol. The summed E-state index contributed by atoms with van der Waals surface area (Å²) in [4.78, 5) is 42.7. The van der Waals surface area contributed by atoms with E-state index in [0.717, 1.165) is 16.7 Å². The maximum Gasteiger partial charge on any atom is 0.254 e. The van der Waals surface area contributed by atoms with Gasteiger partial charge in [0.15, 0.2) is 0 Å².